The van der Waals surface area contributed by atoms with Crippen molar-refractivity contribution in [1.82, 2.24) is 9.78 Å². The number of benzene rings is 1. The topological polar surface area (TPSA) is 53.1 Å². The highest BCUT2D eigenvalue weighted by molar-refractivity contribution is 6.31. The highest BCUT2D eigenvalue weighted by Gasteiger charge is 2.14. The number of hydrogen-bond donors (Lipinski definition) is 1. The zero-order valence-electron chi connectivity index (χ0n) is 10.1. The molecule has 0 radical (unpaired) electrons. The summed E-state index contributed by atoms with van der Waals surface area (Å²) in [6.45, 7) is 0.356. The van der Waals surface area contributed by atoms with Crippen molar-refractivity contribution in [3.8, 4) is 11.3 Å². The van der Waals surface area contributed by atoms with Gasteiger partial charge >= 0.3 is 0 Å². The van der Waals surface area contributed by atoms with Crippen LogP contribution in [-0.4, -0.2) is 16.9 Å². The number of nitrogens with two attached hydrogens (primary N) is 1. The number of rotatable bonds is 3. The summed E-state index contributed by atoms with van der Waals surface area (Å²) in [5.74, 6) is -0.0488. The summed E-state index contributed by atoms with van der Waals surface area (Å²) in [6.07, 6.45) is 0. The van der Waals surface area contributed by atoms with Gasteiger partial charge in [0.2, 0.25) is 0 Å². The molecule has 96 valence electrons. The lowest BCUT2D eigenvalue weighted by Gasteiger charge is -2.06. The molecule has 2 aromatic rings. The van der Waals surface area contributed by atoms with E-state index in [9.17, 15) is 4.39 Å². The molecule has 0 amide bonds. The first kappa shape index (κ1) is 12.9. The molecule has 0 aliphatic heterocycles. The lowest BCUT2D eigenvalue weighted by atomic mass is 10.1. The van der Waals surface area contributed by atoms with Crippen LogP contribution in [0.15, 0.2) is 18.2 Å². The van der Waals surface area contributed by atoms with E-state index in [-0.39, 0.29) is 5.02 Å². The molecular formula is C12H13ClFN3O. The Labute approximate surface area is 109 Å². The van der Waals surface area contributed by atoms with E-state index in [1.165, 1.54) is 10.7 Å². The molecule has 0 atom stereocenters. The van der Waals surface area contributed by atoms with Gasteiger partial charge in [-0.05, 0) is 17.7 Å². The van der Waals surface area contributed by atoms with E-state index in [0.29, 0.717) is 23.7 Å². The number of nitrogens with zero attached hydrogens (tertiary/aromatic N) is 2. The fourth-order valence-electron chi connectivity index (χ4n) is 1.69. The highest BCUT2D eigenvalue weighted by atomic mass is 35.5. The van der Waals surface area contributed by atoms with Crippen LogP contribution in [-0.2, 0) is 18.4 Å². The Morgan fingerprint density at radius 2 is 2.17 bits per heavy atom. The molecule has 0 fully saturated rings. The SMILES string of the molecule is COCc1cc(Cl)c(F)c(-c2cc(N)n(C)n2)c1. The van der Waals surface area contributed by atoms with Gasteiger partial charge < -0.3 is 10.5 Å². The quantitative estimate of drug-likeness (QED) is 0.932. The van der Waals surface area contributed by atoms with Crippen molar-refractivity contribution in [2.45, 2.75) is 6.61 Å². The molecule has 0 unspecified atom stereocenters. The number of hydrogen-bond acceptors (Lipinski definition) is 3. The predicted octanol–water partition coefficient (Wildman–Crippen LogP) is 2.61. The van der Waals surface area contributed by atoms with Crippen LogP contribution in [0.1, 0.15) is 5.56 Å². The summed E-state index contributed by atoms with van der Waals surface area (Å²) >= 11 is 5.85. The molecule has 1 heterocycles. The number of nitrogen functional groups attached to an aromatic ring is 1. The smallest absolute Gasteiger partial charge is 0.151 e. The van der Waals surface area contributed by atoms with Gasteiger partial charge in [-0.1, -0.05) is 11.6 Å². The monoisotopic (exact) mass is 269 g/mol. The fourth-order valence-corrected chi connectivity index (χ4v) is 1.94. The number of aromatic nitrogens is 2. The molecule has 0 spiro atoms. The number of halogens is 2. The molecular weight excluding hydrogens is 257 g/mol. The number of anilines is 1. The molecule has 6 heteroatoms. The van der Waals surface area contributed by atoms with Crippen LogP contribution in [0.25, 0.3) is 11.3 Å². The van der Waals surface area contributed by atoms with Gasteiger partial charge in [0.25, 0.3) is 0 Å². The molecule has 0 aliphatic carbocycles. The zero-order valence-corrected chi connectivity index (χ0v) is 10.8. The normalized spacial score (nSPS) is 10.9. The highest BCUT2D eigenvalue weighted by Crippen LogP contribution is 2.29. The van der Waals surface area contributed by atoms with Gasteiger partial charge in [0.05, 0.1) is 17.3 Å². The first-order chi connectivity index (χ1) is 8.52. The molecule has 4 nitrogen and oxygen atoms in total. The summed E-state index contributed by atoms with van der Waals surface area (Å²) in [5.41, 5.74) is 7.24. The lowest BCUT2D eigenvalue weighted by molar-refractivity contribution is 0.185. The van der Waals surface area contributed by atoms with E-state index in [1.54, 1.807) is 26.3 Å². The second-order valence-electron chi connectivity index (χ2n) is 3.95. The maximum atomic E-state index is 14.0. The average molecular weight is 270 g/mol. The summed E-state index contributed by atoms with van der Waals surface area (Å²) < 4.78 is 20.5. The summed E-state index contributed by atoms with van der Waals surface area (Å²) in [5, 5.41) is 4.18. The Morgan fingerprint density at radius 1 is 1.44 bits per heavy atom. The van der Waals surface area contributed by atoms with E-state index in [1.807, 2.05) is 0 Å². The van der Waals surface area contributed by atoms with Crippen molar-refractivity contribution in [1.29, 1.82) is 0 Å². The van der Waals surface area contributed by atoms with E-state index in [2.05, 4.69) is 5.10 Å². The Kier molecular flexibility index (Phi) is 3.54. The molecule has 0 aliphatic rings. The molecule has 1 aromatic heterocycles. The molecule has 0 saturated heterocycles. The van der Waals surface area contributed by atoms with Gasteiger partial charge in [-0.25, -0.2) is 4.39 Å². The predicted molar refractivity (Wildman–Crippen MR) is 68.7 cm³/mol. The largest absolute Gasteiger partial charge is 0.384 e. The van der Waals surface area contributed by atoms with E-state index in [0.717, 1.165) is 5.56 Å². The molecule has 0 bridgehead atoms. The number of ether oxygens (including phenoxy) is 1. The van der Waals surface area contributed by atoms with Crippen molar-refractivity contribution in [2.75, 3.05) is 12.8 Å². The fraction of sp³-hybridized carbons (Fsp3) is 0.250. The second kappa shape index (κ2) is 4.96. The van der Waals surface area contributed by atoms with Crippen LogP contribution < -0.4 is 5.73 Å². The maximum Gasteiger partial charge on any atom is 0.151 e. The number of aryl methyl sites for hydroxylation is 1. The van der Waals surface area contributed by atoms with Crippen molar-refractivity contribution < 1.29 is 9.13 Å². The van der Waals surface area contributed by atoms with Crippen molar-refractivity contribution in [3.63, 3.8) is 0 Å². The van der Waals surface area contributed by atoms with E-state index in [4.69, 9.17) is 22.1 Å². The first-order valence-corrected chi connectivity index (χ1v) is 5.67. The molecule has 18 heavy (non-hydrogen) atoms. The van der Waals surface area contributed by atoms with Crippen molar-refractivity contribution >= 4 is 17.4 Å². The third kappa shape index (κ3) is 2.32. The second-order valence-corrected chi connectivity index (χ2v) is 4.36. The average Bonchev–Trinajstić information content (AvgIpc) is 2.64. The zero-order chi connectivity index (χ0) is 13.3. The van der Waals surface area contributed by atoms with Crippen LogP contribution in [0.4, 0.5) is 10.2 Å². The third-order valence-electron chi connectivity index (χ3n) is 2.59. The molecule has 0 saturated carbocycles. The summed E-state index contributed by atoms with van der Waals surface area (Å²) in [7, 11) is 3.26. The van der Waals surface area contributed by atoms with Gasteiger partial charge in [-0.15, -0.1) is 0 Å². The van der Waals surface area contributed by atoms with Crippen LogP contribution in [0.3, 0.4) is 0 Å². The van der Waals surface area contributed by atoms with E-state index >= 15 is 0 Å². The Bertz CT molecular complexity index is 563. The third-order valence-corrected chi connectivity index (χ3v) is 2.87. The minimum Gasteiger partial charge on any atom is -0.384 e. The minimum absolute atomic E-state index is 0.0452. The first-order valence-electron chi connectivity index (χ1n) is 5.29. The van der Waals surface area contributed by atoms with Crippen LogP contribution in [0.2, 0.25) is 5.02 Å². The minimum atomic E-state index is -0.505. The molecule has 1 aromatic carbocycles. The van der Waals surface area contributed by atoms with Gasteiger partial charge in [0, 0.05) is 25.8 Å². The van der Waals surface area contributed by atoms with Gasteiger partial charge in [-0.2, -0.15) is 5.10 Å². The van der Waals surface area contributed by atoms with Gasteiger partial charge in [-0.3, -0.25) is 4.68 Å². The number of methoxy groups -OCH3 is 1. The van der Waals surface area contributed by atoms with Gasteiger partial charge in [0.15, 0.2) is 5.82 Å². The molecule has 2 N–H and O–H groups in total. The van der Waals surface area contributed by atoms with Crippen LogP contribution >= 0.6 is 11.6 Å². The van der Waals surface area contributed by atoms with Gasteiger partial charge in [0.1, 0.15) is 5.82 Å². The van der Waals surface area contributed by atoms with E-state index < -0.39 is 5.82 Å². The summed E-state index contributed by atoms with van der Waals surface area (Å²) in [4.78, 5) is 0. The lowest BCUT2D eigenvalue weighted by Crippen LogP contribution is -1.97. The Hall–Kier alpha value is -1.59. The Balaban J connectivity index is 2.55. The summed E-state index contributed by atoms with van der Waals surface area (Å²) in [6, 6.07) is 4.80. The Morgan fingerprint density at radius 3 is 2.72 bits per heavy atom. The standard InChI is InChI=1S/C12H13ClFN3O/c1-17-11(15)5-10(16-17)8-3-7(6-18-2)4-9(13)12(8)14/h3-5H,6,15H2,1-2H3. The van der Waals surface area contributed by atoms with Crippen LogP contribution in [0, 0.1) is 5.82 Å². The van der Waals surface area contributed by atoms with Crippen molar-refractivity contribution in [2.24, 2.45) is 7.05 Å². The molecule has 2 rings (SSSR count). The maximum absolute atomic E-state index is 14.0. The van der Waals surface area contributed by atoms with Crippen LogP contribution in [0.5, 0.6) is 0 Å². The van der Waals surface area contributed by atoms with Crippen molar-refractivity contribution in [3.05, 3.63) is 34.6 Å².